The van der Waals surface area contributed by atoms with Gasteiger partial charge in [-0.1, -0.05) is 35.3 Å². The first kappa shape index (κ1) is 15.2. The predicted octanol–water partition coefficient (Wildman–Crippen LogP) is 4.98. The second-order valence-corrected chi connectivity index (χ2v) is 7.52. The zero-order valence-corrected chi connectivity index (χ0v) is 14.5. The summed E-state index contributed by atoms with van der Waals surface area (Å²) < 4.78 is 0.474. The Bertz CT molecular complexity index is 685. The van der Waals surface area contributed by atoms with Crippen LogP contribution in [0.4, 0.5) is 0 Å². The van der Waals surface area contributed by atoms with E-state index >= 15 is 0 Å². The van der Waals surface area contributed by atoms with Crippen molar-refractivity contribution in [2.75, 3.05) is 12.8 Å². The molecule has 0 fully saturated rings. The molecule has 1 aliphatic heterocycles. The van der Waals surface area contributed by atoms with E-state index in [-0.39, 0.29) is 5.91 Å². The van der Waals surface area contributed by atoms with Crippen molar-refractivity contribution in [3.05, 3.63) is 49.6 Å². The fourth-order valence-electron chi connectivity index (χ4n) is 2.55. The number of fused-ring (bicyclic) bond motifs is 1. The summed E-state index contributed by atoms with van der Waals surface area (Å²) in [5.74, 6) is -0.0373. The molecule has 6 heteroatoms. The topological polar surface area (TPSA) is 20.3 Å². The van der Waals surface area contributed by atoms with Crippen LogP contribution < -0.4 is 0 Å². The van der Waals surface area contributed by atoms with Crippen molar-refractivity contribution in [1.29, 1.82) is 0 Å². The molecule has 2 aromatic rings. The van der Waals surface area contributed by atoms with Crippen molar-refractivity contribution >= 4 is 52.2 Å². The highest BCUT2D eigenvalue weighted by Gasteiger charge is 2.26. The van der Waals surface area contributed by atoms with Gasteiger partial charge < -0.3 is 4.90 Å². The van der Waals surface area contributed by atoms with E-state index < -0.39 is 0 Å². The number of carbonyl (C=O) groups is 1. The van der Waals surface area contributed by atoms with E-state index in [1.54, 1.807) is 17.1 Å². The Kier molecular flexibility index (Phi) is 4.50. The number of nitrogens with zero attached hydrogens (tertiary/aromatic N) is 1. The van der Waals surface area contributed by atoms with Gasteiger partial charge in [0.05, 0.1) is 10.6 Å². The van der Waals surface area contributed by atoms with Crippen LogP contribution in [0.5, 0.6) is 0 Å². The minimum Gasteiger partial charge on any atom is -0.334 e. The summed E-state index contributed by atoms with van der Waals surface area (Å²) in [6, 6.07) is 6.33. The van der Waals surface area contributed by atoms with E-state index in [0.717, 1.165) is 6.42 Å². The standard InChI is InChI=1S/C15H13Cl2NOS2/c1-20-12-4-2-3-9-5-6-18(7-10(9)12)15(19)11-8-21-14(17)13(11)16/h2-4,8H,5-7H2,1H3. The monoisotopic (exact) mass is 357 g/mol. The molecule has 0 unspecified atom stereocenters. The van der Waals surface area contributed by atoms with Gasteiger partial charge in [0.15, 0.2) is 0 Å². The molecular formula is C15H13Cl2NOS2. The minimum atomic E-state index is -0.0373. The maximum absolute atomic E-state index is 12.6. The van der Waals surface area contributed by atoms with Crippen molar-refractivity contribution in [3.8, 4) is 0 Å². The summed E-state index contributed by atoms with van der Waals surface area (Å²) in [4.78, 5) is 15.7. The molecule has 0 atom stereocenters. The Morgan fingerprint density at radius 2 is 2.19 bits per heavy atom. The van der Waals surface area contributed by atoms with Gasteiger partial charge >= 0.3 is 0 Å². The molecule has 21 heavy (non-hydrogen) atoms. The first-order chi connectivity index (χ1) is 10.1. The molecule has 1 aliphatic rings. The predicted molar refractivity (Wildman–Crippen MR) is 91.0 cm³/mol. The Morgan fingerprint density at radius 3 is 2.86 bits per heavy atom. The Morgan fingerprint density at radius 1 is 1.38 bits per heavy atom. The van der Waals surface area contributed by atoms with Crippen LogP contribution in [0.25, 0.3) is 0 Å². The minimum absolute atomic E-state index is 0.0373. The lowest BCUT2D eigenvalue weighted by molar-refractivity contribution is 0.0734. The zero-order valence-electron chi connectivity index (χ0n) is 11.4. The third-order valence-electron chi connectivity index (χ3n) is 3.66. The Balaban J connectivity index is 1.89. The van der Waals surface area contributed by atoms with Gasteiger partial charge in [0.25, 0.3) is 5.91 Å². The third kappa shape index (κ3) is 2.82. The summed E-state index contributed by atoms with van der Waals surface area (Å²) in [6.45, 7) is 1.35. The second kappa shape index (κ2) is 6.21. The molecule has 0 aliphatic carbocycles. The zero-order chi connectivity index (χ0) is 15.0. The first-order valence-electron chi connectivity index (χ1n) is 6.48. The normalized spacial score (nSPS) is 14.1. The Hall–Kier alpha value is -0.680. The van der Waals surface area contributed by atoms with Crippen LogP contribution in [0.1, 0.15) is 21.5 Å². The number of carbonyl (C=O) groups excluding carboxylic acids is 1. The van der Waals surface area contributed by atoms with Crippen molar-refractivity contribution in [2.45, 2.75) is 17.9 Å². The van der Waals surface area contributed by atoms with Crippen LogP contribution in [0.15, 0.2) is 28.5 Å². The number of hydrogen-bond donors (Lipinski definition) is 0. The summed E-state index contributed by atoms with van der Waals surface area (Å²) in [5, 5.41) is 2.11. The largest absolute Gasteiger partial charge is 0.334 e. The summed E-state index contributed by atoms with van der Waals surface area (Å²) in [6.07, 6.45) is 2.94. The Labute approximate surface area is 142 Å². The van der Waals surface area contributed by atoms with E-state index in [4.69, 9.17) is 23.2 Å². The van der Waals surface area contributed by atoms with Gasteiger partial charge in [-0.3, -0.25) is 4.79 Å². The van der Waals surface area contributed by atoms with E-state index in [9.17, 15) is 4.79 Å². The van der Waals surface area contributed by atoms with Crippen molar-refractivity contribution in [2.24, 2.45) is 0 Å². The lowest BCUT2D eigenvalue weighted by atomic mass is 9.99. The van der Waals surface area contributed by atoms with Gasteiger partial charge in [0.1, 0.15) is 4.34 Å². The maximum atomic E-state index is 12.6. The molecular weight excluding hydrogens is 345 g/mol. The quantitative estimate of drug-likeness (QED) is 0.706. The van der Waals surface area contributed by atoms with Gasteiger partial charge in [-0.2, -0.15) is 0 Å². The molecule has 0 saturated carbocycles. The molecule has 0 spiro atoms. The molecule has 2 nitrogen and oxygen atoms in total. The number of halogens is 2. The van der Waals surface area contributed by atoms with Gasteiger partial charge in [-0.05, 0) is 29.9 Å². The molecule has 3 rings (SSSR count). The van der Waals surface area contributed by atoms with Crippen LogP contribution in [-0.2, 0) is 13.0 Å². The fourth-order valence-corrected chi connectivity index (χ4v) is 4.43. The van der Waals surface area contributed by atoms with E-state index in [1.807, 2.05) is 4.90 Å². The number of hydrogen-bond acceptors (Lipinski definition) is 3. The highest BCUT2D eigenvalue weighted by atomic mass is 35.5. The van der Waals surface area contributed by atoms with Gasteiger partial charge in [-0.15, -0.1) is 23.1 Å². The smallest absolute Gasteiger partial charge is 0.256 e. The summed E-state index contributed by atoms with van der Waals surface area (Å²) >= 11 is 15.1. The average molecular weight is 358 g/mol. The molecule has 2 heterocycles. The third-order valence-corrected chi connectivity index (χ3v) is 6.30. The molecule has 110 valence electrons. The molecule has 0 radical (unpaired) electrons. The summed E-state index contributed by atoms with van der Waals surface area (Å²) in [5.41, 5.74) is 3.10. The van der Waals surface area contributed by atoms with Crippen molar-refractivity contribution in [1.82, 2.24) is 4.90 Å². The number of thiophene rings is 1. The highest BCUT2D eigenvalue weighted by Crippen LogP contribution is 2.35. The van der Waals surface area contributed by atoms with Crippen molar-refractivity contribution < 1.29 is 4.79 Å². The van der Waals surface area contributed by atoms with E-state index in [1.165, 1.54) is 27.4 Å². The number of rotatable bonds is 2. The van der Waals surface area contributed by atoms with Crippen LogP contribution >= 0.6 is 46.3 Å². The molecule has 0 saturated heterocycles. The SMILES string of the molecule is CSc1cccc2c1CN(C(=O)c1csc(Cl)c1Cl)CC2. The molecule has 0 N–H and O–H groups in total. The number of benzene rings is 1. The average Bonchev–Trinajstić information content (AvgIpc) is 2.85. The maximum Gasteiger partial charge on any atom is 0.256 e. The lowest BCUT2D eigenvalue weighted by Crippen LogP contribution is -2.36. The van der Waals surface area contributed by atoms with Crippen molar-refractivity contribution in [3.63, 3.8) is 0 Å². The van der Waals surface area contributed by atoms with Gasteiger partial charge in [-0.25, -0.2) is 0 Å². The van der Waals surface area contributed by atoms with Crippen LogP contribution in [0.2, 0.25) is 9.36 Å². The van der Waals surface area contributed by atoms with Gasteiger partial charge in [0.2, 0.25) is 0 Å². The molecule has 1 aromatic heterocycles. The first-order valence-corrected chi connectivity index (χ1v) is 9.34. The number of thioether (sulfide) groups is 1. The van der Waals surface area contributed by atoms with Gasteiger partial charge in [0, 0.05) is 23.4 Å². The number of amides is 1. The highest BCUT2D eigenvalue weighted by molar-refractivity contribution is 7.98. The van der Waals surface area contributed by atoms with Crippen LogP contribution in [-0.4, -0.2) is 23.6 Å². The lowest BCUT2D eigenvalue weighted by Gasteiger charge is -2.30. The molecule has 0 bridgehead atoms. The van der Waals surface area contributed by atoms with Crippen LogP contribution in [0.3, 0.4) is 0 Å². The fraction of sp³-hybridized carbons (Fsp3) is 0.267. The van der Waals surface area contributed by atoms with Crippen LogP contribution in [0, 0.1) is 0 Å². The molecule has 1 amide bonds. The summed E-state index contributed by atoms with van der Waals surface area (Å²) in [7, 11) is 0. The molecule has 1 aromatic carbocycles. The van der Waals surface area contributed by atoms with E-state index in [0.29, 0.717) is 28.0 Å². The van der Waals surface area contributed by atoms with E-state index in [2.05, 4.69) is 24.5 Å². The second-order valence-electron chi connectivity index (χ2n) is 4.81.